The summed E-state index contributed by atoms with van der Waals surface area (Å²) in [5.41, 5.74) is 7.75. The second-order valence-electron chi connectivity index (χ2n) is 11.6. The van der Waals surface area contributed by atoms with Crippen LogP contribution in [0.3, 0.4) is 0 Å². The van der Waals surface area contributed by atoms with Crippen LogP contribution in [0.5, 0.6) is 5.75 Å². The molecule has 0 radical (unpaired) electrons. The maximum atomic E-state index is 12.5. The lowest BCUT2D eigenvalue weighted by Gasteiger charge is -2.25. The Morgan fingerprint density at radius 1 is 0.702 bits per heavy atom. The zero-order valence-electron chi connectivity index (χ0n) is 27.6. The molecule has 0 unspecified atom stereocenters. The number of hydrogen-bond acceptors (Lipinski definition) is 8. The molecular formula is C39H41N5O3. The minimum atomic E-state index is -0.481. The minimum absolute atomic E-state index is 0.250. The Hall–Kier alpha value is -4.99. The van der Waals surface area contributed by atoms with Crippen LogP contribution in [-0.2, 0) is 17.8 Å². The van der Waals surface area contributed by atoms with E-state index in [1.54, 1.807) is 13.2 Å². The van der Waals surface area contributed by atoms with Gasteiger partial charge in [-0.3, -0.25) is 14.8 Å². The van der Waals surface area contributed by atoms with Crippen LogP contribution in [0.4, 0.5) is 0 Å². The molecule has 240 valence electrons. The van der Waals surface area contributed by atoms with Gasteiger partial charge in [0.05, 0.1) is 25.6 Å². The van der Waals surface area contributed by atoms with Crippen molar-refractivity contribution in [2.45, 2.75) is 26.9 Å². The molecular weight excluding hydrogens is 586 g/mol. The number of nitrogens with one attached hydrogen (secondary N) is 1. The van der Waals surface area contributed by atoms with Crippen LogP contribution in [0.1, 0.15) is 55.4 Å². The molecule has 0 amide bonds. The lowest BCUT2D eigenvalue weighted by Crippen LogP contribution is -2.36. The average Bonchev–Trinajstić information content (AvgIpc) is 3.19. The summed E-state index contributed by atoms with van der Waals surface area (Å²) < 4.78 is 10.2. The molecule has 5 rings (SSSR count). The van der Waals surface area contributed by atoms with E-state index in [2.05, 4.69) is 81.0 Å². The maximum Gasteiger partial charge on any atom is 0.356 e. The van der Waals surface area contributed by atoms with Crippen LogP contribution in [0.25, 0.3) is 0 Å². The molecule has 0 atom stereocenters. The summed E-state index contributed by atoms with van der Waals surface area (Å²) in [5.74, 6) is 13.3. The van der Waals surface area contributed by atoms with Gasteiger partial charge < -0.3 is 14.8 Å². The molecule has 0 saturated carbocycles. The van der Waals surface area contributed by atoms with Crippen LogP contribution < -0.4 is 10.1 Å². The molecule has 2 aromatic carbocycles. The van der Waals surface area contributed by atoms with Gasteiger partial charge >= 0.3 is 5.97 Å². The van der Waals surface area contributed by atoms with E-state index in [9.17, 15) is 4.79 Å². The van der Waals surface area contributed by atoms with E-state index < -0.39 is 5.97 Å². The van der Waals surface area contributed by atoms with Gasteiger partial charge in [0.2, 0.25) is 0 Å². The minimum Gasteiger partial charge on any atom is -0.497 e. The summed E-state index contributed by atoms with van der Waals surface area (Å²) in [6, 6.07) is 23.6. The molecule has 8 nitrogen and oxygen atoms in total. The van der Waals surface area contributed by atoms with Crippen molar-refractivity contribution in [1.29, 1.82) is 0 Å². The van der Waals surface area contributed by atoms with Crippen molar-refractivity contribution >= 4 is 5.97 Å². The average molecular weight is 628 g/mol. The van der Waals surface area contributed by atoms with Gasteiger partial charge in [0.15, 0.2) is 0 Å². The monoisotopic (exact) mass is 627 g/mol. The summed E-state index contributed by atoms with van der Waals surface area (Å²) in [6.07, 6.45) is 0. The first-order chi connectivity index (χ1) is 22.9. The van der Waals surface area contributed by atoms with Crippen LogP contribution in [0, 0.1) is 37.5 Å². The number of esters is 1. The number of carbonyl (C=O) groups excluding carboxylic acids is 1. The van der Waals surface area contributed by atoms with E-state index in [0.717, 1.165) is 85.3 Å². The van der Waals surface area contributed by atoms with Crippen molar-refractivity contribution in [2.24, 2.45) is 0 Å². The van der Waals surface area contributed by atoms with Gasteiger partial charge in [-0.25, -0.2) is 9.78 Å². The molecule has 47 heavy (non-hydrogen) atoms. The first kappa shape index (κ1) is 33.4. The quantitative estimate of drug-likeness (QED) is 0.246. The second-order valence-corrected chi connectivity index (χ2v) is 11.6. The highest BCUT2D eigenvalue weighted by Crippen LogP contribution is 2.14. The zero-order chi connectivity index (χ0) is 33.0. The highest BCUT2D eigenvalue weighted by Gasteiger charge is 2.17. The number of methoxy groups -OCH3 is 2. The number of pyridine rings is 2. The Bertz CT molecular complexity index is 1800. The summed E-state index contributed by atoms with van der Waals surface area (Å²) in [7, 11) is 3.00. The molecule has 3 heterocycles. The van der Waals surface area contributed by atoms with Gasteiger partial charge in [0.1, 0.15) is 11.4 Å². The van der Waals surface area contributed by atoms with Gasteiger partial charge in [-0.2, -0.15) is 0 Å². The lowest BCUT2D eigenvalue weighted by molar-refractivity contribution is 0.0593. The number of ether oxygens (including phenoxy) is 2. The smallest absolute Gasteiger partial charge is 0.356 e. The Kier molecular flexibility index (Phi) is 11.7. The lowest BCUT2D eigenvalue weighted by atomic mass is 10.1. The summed E-state index contributed by atoms with van der Waals surface area (Å²) in [6.45, 7) is 10.6. The molecule has 0 aliphatic carbocycles. The molecule has 0 bridgehead atoms. The fourth-order valence-electron chi connectivity index (χ4n) is 5.32. The summed E-state index contributed by atoms with van der Waals surface area (Å²) in [4.78, 5) is 26.8. The SMILES string of the molecule is COC(=O)c1cc(C#Cc2ccc(OC)cc2)cc(CN2CCNCCN(Cc3cc(C#Cc4ccc(C)cc4)cc(C)n3)CC2)n1. The van der Waals surface area contributed by atoms with Gasteiger partial charge in [-0.05, 0) is 74.5 Å². The van der Waals surface area contributed by atoms with E-state index in [4.69, 9.17) is 14.5 Å². The number of nitrogens with zero attached hydrogens (tertiary/aromatic N) is 4. The molecule has 1 fully saturated rings. The third-order valence-electron chi connectivity index (χ3n) is 7.84. The zero-order valence-corrected chi connectivity index (χ0v) is 27.6. The molecule has 8 heteroatoms. The molecule has 1 saturated heterocycles. The van der Waals surface area contributed by atoms with E-state index in [0.29, 0.717) is 12.1 Å². The molecule has 1 aliphatic heterocycles. The Balaban J connectivity index is 1.28. The maximum absolute atomic E-state index is 12.5. The van der Waals surface area contributed by atoms with Crippen molar-refractivity contribution in [3.63, 3.8) is 0 Å². The summed E-state index contributed by atoms with van der Waals surface area (Å²) in [5, 5.41) is 3.57. The van der Waals surface area contributed by atoms with E-state index in [1.807, 2.05) is 43.3 Å². The first-order valence-corrected chi connectivity index (χ1v) is 15.8. The van der Waals surface area contributed by atoms with Gasteiger partial charge in [-0.15, -0.1) is 0 Å². The first-order valence-electron chi connectivity index (χ1n) is 15.8. The van der Waals surface area contributed by atoms with Crippen molar-refractivity contribution in [3.05, 3.63) is 123 Å². The van der Waals surface area contributed by atoms with E-state index in [-0.39, 0.29) is 5.69 Å². The molecule has 2 aromatic heterocycles. The highest BCUT2D eigenvalue weighted by atomic mass is 16.5. The van der Waals surface area contributed by atoms with Crippen LogP contribution >= 0.6 is 0 Å². The Morgan fingerprint density at radius 3 is 1.81 bits per heavy atom. The number of hydrogen-bond donors (Lipinski definition) is 1. The van der Waals surface area contributed by atoms with Crippen LogP contribution in [-0.4, -0.2) is 79.2 Å². The Labute approximate surface area is 278 Å². The number of benzene rings is 2. The van der Waals surface area contributed by atoms with Gasteiger partial charge in [0, 0.05) is 80.3 Å². The molecule has 4 aromatic rings. The normalized spacial score (nSPS) is 14.0. The highest BCUT2D eigenvalue weighted by molar-refractivity contribution is 5.87. The standard InChI is InChI=1S/C39H41N5O3/c1-29-5-7-31(8-6-29)9-11-33-23-30(2)41-35(24-33)27-43-19-17-40-18-20-44(22-21-43)28-36-25-34(26-38(42-36)39(45)47-4)12-10-32-13-15-37(46-3)16-14-32/h5-8,13-16,23-26,40H,17-22,27-28H2,1-4H3. The fourth-order valence-corrected chi connectivity index (χ4v) is 5.32. The molecule has 1 aliphatic rings. The number of rotatable bonds is 6. The van der Waals surface area contributed by atoms with Crippen LogP contribution in [0.15, 0.2) is 72.8 Å². The van der Waals surface area contributed by atoms with E-state index in [1.165, 1.54) is 12.7 Å². The number of aryl methyl sites for hydroxylation is 2. The number of carbonyl (C=O) groups is 1. The predicted molar refractivity (Wildman–Crippen MR) is 184 cm³/mol. The second kappa shape index (κ2) is 16.5. The van der Waals surface area contributed by atoms with Crippen LogP contribution in [0.2, 0.25) is 0 Å². The molecule has 0 spiro atoms. The predicted octanol–water partition coefficient (Wildman–Crippen LogP) is 4.60. The van der Waals surface area contributed by atoms with Gasteiger partial charge in [-0.1, -0.05) is 41.4 Å². The van der Waals surface area contributed by atoms with Gasteiger partial charge in [0.25, 0.3) is 0 Å². The van der Waals surface area contributed by atoms with Crippen molar-refractivity contribution < 1.29 is 14.3 Å². The van der Waals surface area contributed by atoms with Crippen molar-refractivity contribution in [3.8, 4) is 29.4 Å². The largest absolute Gasteiger partial charge is 0.497 e. The van der Waals surface area contributed by atoms with Crippen molar-refractivity contribution in [1.82, 2.24) is 25.1 Å². The third-order valence-corrected chi connectivity index (χ3v) is 7.84. The third kappa shape index (κ3) is 10.3. The summed E-state index contributed by atoms with van der Waals surface area (Å²) >= 11 is 0. The molecule has 1 N–H and O–H groups in total. The topological polar surface area (TPSA) is 79.8 Å². The van der Waals surface area contributed by atoms with E-state index >= 15 is 0 Å². The Morgan fingerprint density at radius 2 is 1.23 bits per heavy atom. The fraction of sp³-hybridized carbons (Fsp3) is 0.308. The van der Waals surface area contributed by atoms with Crippen molar-refractivity contribution in [2.75, 3.05) is 53.5 Å². The number of aromatic nitrogens is 2.